The molecule has 0 unspecified atom stereocenters. The second-order valence-corrected chi connectivity index (χ2v) is 7.70. The van der Waals surface area contributed by atoms with E-state index in [1.807, 2.05) is 30.4 Å². The molecule has 198 valence electrons. The summed E-state index contributed by atoms with van der Waals surface area (Å²) in [6, 6.07) is 12.6. The fourth-order valence-corrected chi connectivity index (χ4v) is 3.66. The number of carbonyl (C=O) groups is 1. The third-order valence-electron chi connectivity index (χ3n) is 5.55. The van der Waals surface area contributed by atoms with Gasteiger partial charge in [-0.15, -0.1) is 0 Å². The minimum Gasteiger partial charge on any atom is -0.493 e. The molecule has 0 aliphatic carbocycles. The van der Waals surface area contributed by atoms with Crippen molar-refractivity contribution in [1.29, 1.82) is 0 Å². The van der Waals surface area contributed by atoms with Gasteiger partial charge in [-0.25, -0.2) is 0 Å². The average molecular weight is 521 g/mol. The zero-order valence-electron chi connectivity index (χ0n) is 21.6. The molecule has 10 nitrogen and oxygen atoms in total. The van der Waals surface area contributed by atoms with E-state index < -0.39 is 4.92 Å². The molecule has 3 rings (SSSR count). The Hall–Kier alpha value is -4.99. The summed E-state index contributed by atoms with van der Waals surface area (Å²) in [4.78, 5) is 22.9. The average Bonchev–Trinajstić information content (AvgIpc) is 2.95. The molecule has 0 amide bonds. The van der Waals surface area contributed by atoms with Crippen molar-refractivity contribution in [3.05, 3.63) is 87.6 Å². The normalized spacial score (nSPS) is 10.9. The van der Waals surface area contributed by atoms with Gasteiger partial charge >= 0.3 is 0 Å². The number of hydrogen-bond acceptors (Lipinski definition) is 9. The number of rotatable bonds is 12. The maximum absolute atomic E-state index is 12.6. The molecule has 0 aromatic heterocycles. The number of allylic oxidation sites excluding steroid dienone is 1. The van der Waals surface area contributed by atoms with E-state index in [-0.39, 0.29) is 11.5 Å². The number of non-ortho nitro benzene ring substituents is 1. The molecule has 0 radical (unpaired) electrons. The highest BCUT2D eigenvalue weighted by molar-refractivity contribution is 6.04. The Morgan fingerprint density at radius 1 is 0.789 bits per heavy atom. The zero-order chi connectivity index (χ0) is 27.7. The van der Waals surface area contributed by atoms with Crippen LogP contribution in [-0.4, -0.2) is 46.3 Å². The van der Waals surface area contributed by atoms with E-state index in [0.29, 0.717) is 40.0 Å². The molecule has 3 aromatic rings. The van der Waals surface area contributed by atoms with Crippen LogP contribution in [0.2, 0.25) is 0 Å². The van der Waals surface area contributed by atoms with E-state index in [2.05, 4.69) is 5.32 Å². The molecule has 0 bridgehead atoms. The van der Waals surface area contributed by atoms with Crippen molar-refractivity contribution in [1.82, 2.24) is 0 Å². The number of nitrogens with one attached hydrogen (secondary N) is 1. The minimum atomic E-state index is -0.520. The first kappa shape index (κ1) is 27.6. The van der Waals surface area contributed by atoms with Crippen molar-refractivity contribution in [3.8, 4) is 28.7 Å². The summed E-state index contributed by atoms with van der Waals surface area (Å²) in [5.74, 6) is 2.13. The van der Waals surface area contributed by atoms with E-state index in [9.17, 15) is 14.9 Å². The van der Waals surface area contributed by atoms with Crippen molar-refractivity contribution in [2.45, 2.75) is 0 Å². The summed E-state index contributed by atoms with van der Waals surface area (Å²) >= 11 is 0. The van der Waals surface area contributed by atoms with E-state index in [4.69, 9.17) is 23.7 Å². The molecule has 0 atom stereocenters. The molecule has 3 aromatic carbocycles. The van der Waals surface area contributed by atoms with Gasteiger partial charge in [0.25, 0.3) is 5.69 Å². The lowest BCUT2D eigenvalue weighted by molar-refractivity contribution is -0.384. The van der Waals surface area contributed by atoms with Gasteiger partial charge in [0, 0.05) is 35.5 Å². The number of hydrogen-bond donors (Lipinski definition) is 1. The van der Waals surface area contributed by atoms with E-state index in [0.717, 1.165) is 11.1 Å². The second kappa shape index (κ2) is 12.8. The molecule has 38 heavy (non-hydrogen) atoms. The minimum absolute atomic E-state index is 0.0895. The number of nitro groups is 1. The van der Waals surface area contributed by atoms with Crippen LogP contribution in [0.15, 0.2) is 60.8 Å². The van der Waals surface area contributed by atoms with Crippen LogP contribution in [0.3, 0.4) is 0 Å². The van der Waals surface area contributed by atoms with Crippen molar-refractivity contribution < 1.29 is 33.4 Å². The molecular weight excluding hydrogens is 492 g/mol. The summed E-state index contributed by atoms with van der Waals surface area (Å²) in [5.41, 5.74) is 2.32. The fraction of sp³-hybridized carbons (Fsp3) is 0.179. The first-order valence-electron chi connectivity index (χ1n) is 11.3. The largest absolute Gasteiger partial charge is 0.493 e. The van der Waals surface area contributed by atoms with Crippen molar-refractivity contribution in [2.24, 2.45) is 0 Å². The van der Waals surface area contributed by atoms with Gasteiger partial charge in [0.2, 0.25) is 5.75 Å². The van der Waals surface area contributed by atoms with Gasteiger partial charge in [-0.1, -0.05) is 12.2 Å². The number of nitro benzene ring substituents is 1. The van der Waals surface area contributed by atoms with Gasteiger partial charge in [0.1, 0.15) is 0 Å². The molecule has 10 heteroatoms. The number of methoxy groups -OCH3 is 5. The lowest BCUT2D eigenvalue weighted by atomic mass is 10.1. The van der Waals surface area contributed by atoms with Crippen LogP contribution in [0.5, 0.6) is 28.7 Å². The Morgan fingerprint density at radius 2 is 1.39 bits per heavy atom. The molecule has 0 heterocycles. The summed E-state index contributed by atoms with van der Waals surface area (Å²) in [7, 11) is 7.68. The van der Waals surface area contributed by atoms with Gasteiger partial charge in [-0.05, 0) is 42.0 Å². The van der Waals surface area contributed by atoms with Crippen LogP contribution in [-0.2, 0) is 0 Å². The Labute approximate surface area is 220 Å². The summed E-state index contributed by atoms with van der Waals surface area (Å²) in [6.07, 6.45) is 6.52. The molecule has 0 aliphatic rings. The smallest absolute Gasteiger partial charge is 0.269 e. The lowest BCUT2D eigenvalue weighted by Crippen LogP contribution is -2.01. The number of ketones is 1. The van der Waals surface area contributed by atoms with E-state index >= 15 is 0 Å². The summed E-state index contributed by atoms with van der Waals surface area (Å²) in [6.45, 7) is 0. The van der Waals surface area contributed by atoms with Crippen LogP contribution >= 0.6 is 0 Å². The molecule has 1 N–H and O–H groups in total. The Kier molecular flexibility index (Phi) is 9.31. The van der Waals surface area contributed by atoms with Crippen molar-refractivity contribution in [3.63, 3.8) is 0 Å². The molecule has 0 aliphatic heterocycles. The van der Waals surface area contributed by atoms with E-state index in [1.165, 1.54) is 57.9 Å². The maximum Gasteiger partial charge on any atom is 0.269 e. The number of benzene rings is 3. The summed E-state index contributed by atoms with van der Waals surface area (Å²) < 4.78 is 27.2. The van der Waals surface area contributed by atoms with Crippen molar-refractivity contribution >= 4 is 29.3 Å². The molecule has 0 fully saturated rings. The van der Waals surface area contributed by atoms with Crippen LogP contribution in [0, 0.1) is 10.1 Å². The Bertz CT molecular complexity index is 1340. The SMILES string of the molecule is COc1cc(/C=C\c2ccc(OC)c(OC)c2N/C=C\C(=O)c2ccc([N+](=O)[O-])cc2)cc(OC)c1OC. The fourth-order valence-electron chi connectivity index (χ4n) is 3.66. The monoisotopic (exact) mass is 520 g/mol. The van der Waals surface area contributed by atoms with Crippen LogP contribution in [0.1, 0.15) is 21.5 Å². The van der Waals surface area contributed by atoms with Crippen LogP contribution in [0.25, 0.3) is 12.2 Å². The highest BCUT2D eigenvalue weighted by Crippen LogP contribution is 2.40. The first-order valence-corrected chi connectivity index (χ1v) is 11.3. The van der Waals surface area contributed by atoms with Crippen LogP contribution in [0.4, 0.5) is 11.4 Å². The summed E-state index contributed by atoms with van der Waals surface area (Å²) in [5, 5.41) is 13.9. The Balaban J connectivity index is 1.93. The highest BCUT2D eigenvalue weighted by Gasteiger charge is 2.15. The van der Waals surface area contributed by atoms with Gasteiger partial charge < -0.3 is 29.0 Å². The van der Waals surface area contributed by atoms with Gasteiger partial charge in [-0.2, -0.15) is 0 Å². The number of ether oxygens (including phenoxy) is 5. The second-order valence-electron chi connectivity index (χ2n) is 7.70. The molecule has 0 spiro atoms. The number of carbonyl (C=O) groups excluding carboxylic acids is 1. The molecular formula is C28H28N2O8. The lowest BCUT2D eigenvalue weighted by Gasteiger charge is -2.15. The standard InChI is InChI=1S/C28H28N2O8/c1-34-23-13-10-20(7-6-18-16-24(35-2)27(37-4)25(17-18)36-3)26(28(23)38-5)29-15-14-22(31)19-8-11-21(12-9-19)30(32)33/h6-17,29H,1-5H3/b7-6-,15-14-. The van der Waals surface area contributed by atoms with Crippen LogP contribution < -0.4 is 29.0 Å². The predicted molar refractivity (Wildman–Crippen MR) is 145 cm³/mol. The highest BCUT2D eigenvalue weighted by atomic mass is 16.6. The molecule has 0 saturated carbocycles. The number of anilines is 1. The van der Waals surface area contributed by atoms with E-state index in [1.54, 1.807) is 20.3 Å². The Morgan fingerprint density at radius 3 is 1.92 bits per heavy atom. The maximum atomic E-state index is 12.6. The molecule has 0 saturated heterocycles. The quantitative estimate of drug-likeness (QED) is 0.107. The zero-order valence-corrected chi connectivity index (χ0v) is 21.6. The van der Waals surface area contributed by atoms with Gasteiger partial charge in [-0.3, -0.25) is 14.9 Å². The van der Waals surface area contributed by atoms with Crippen molar-refractivity contribution in [2.75, 3.05) is 40.9 Å². The number of nitrogens with zero attached hydrogens (tertiary/aromatic N) is 1. The van der Waals surface area contributed by atoms with Gasteiger partial charge in [0.05, 0.1) is 46.2 Å². The van der Waals surface area contributed by atoms with Gasteiger partial charge in [0.15, 0.2) is 28.8 Å². The predicted octanol–water partition coefficient (Wildman–Crippen LogP) is 5.62. The topological polar surface area (TPSA) is 118 Å². The first-order chi connectivity index (χ1) is 18.4. The third-order valence-corrected chi connectivity index (χ3v) is 5.55. The third kappa shape index (κ3) is 6.22.